The summed E-state index contributed by atoms with van der Waals surface area (Å²) in [4.78, 5) is 18.0. The number of halogens is 3. The van der Waals surface area contributed by atoms with Gasteiger partial charge in [0.2, 0.25) is 11.9 Å². The number of aromatic nitrogens is 3. The standard InChI is InChI=1S/C15H15F3N4O2/c16-15(17,18)24-12-5-2-1-4-11(12)6-7-13(23)21-8-3-9-22-14(21)19-10-20-22/h1-2,4-5,10H,3,6-9H2. The van der Waals surface area contributed by atoms with Crippen LogP contribution in [0.4, 0.5) is 19.1 Å². The van der Waals surface area contributed by atoms with Gasteiger partial charge in [0.25, 0.3) is 0 Å². The van der Waals surface area contributed by atoms with Crippen molar-refractivity contribution in [3.63, 3.8) is 0 Å². The van der Waals surface area contributed by atoms with E-state index in [2.05, 4.69) is 14.8 Å². The van der Waals surface area contributed by atoms with Crippen molar-refractivity contribution in [3.05, 3.63) is 36.2 Å². The maximum Gasteiger partial charge on any atom is 0.573 e. The molecule has 0 saturated carbocycles. The molecule has 0 atom stereocenters. The molecule has 0 aliphatic carbocycles. The van der Waals surface area contributed by atoms with Crippen molar-refractivity contribution in [3.8, 4) is 5.75 Å². The van der Waals surface area contributed by atoms with Crippen molar-refractivity contribution in [2.45, 2.75) is 32.2 Å². The van der Waals surface area contributed by atoms with Crippen molar-refractivity contribution < 1.29 is 22.7 Å². The Morgan fingerprint density at radius 3 is 2.83 bits per heavy atom. The third-order valence-corrected chi connectivity index (χ3v) is 3.70. The number of para-hydroxylation sites is 1. The van der Waals surface area contributed by atoms with Crippen LogP contribution in [0.2, 0.25) is 0 Å². The van der Waals surface area contributed by atoms with Crippen LogP contribution in [-0.4, -0.2) is 33.6 Å². The van der Waals surface area contributed by atoms with Gasteiger partial charge in [-0.1, -0.05) is 18.2 Å². The fourth-order valence-electron chi connectivity index (χ4n) is 2.65. The van der Waals surface area contributed by atoms with Gasteiger partial charge in [0.05, 0.1) is 0 Å². The SMILES string of the molecule is O=C(CCc1ccccc1OC(F)(F)F)N1CCCn2ncnc21. The van der Waals surface area contributed by atoms with Gasteiger partial charge in [-0.2, -0.15) is 10.1 Å². The Balaban J connectivity index is 1.68. The summed E-state index contributed by atoms with van der Waals surface area (Å²) in [5.74, 6) is -0.00329. The lowest BCUT2D eigenvalue weighted by Crippen LogP contribution is -2.38. The molecule has 1 aliphatic heterocycles. The molecule has 1 aromatic carbocycles. The van der Waals surface area contributed by atoms with Crippen molar-refractivity contribution in [2.24, 2.45) is 0 Å². The molecule has 0 radical (unpaired) electrons. The van der Waals surface area contributed by atoms with Crippen molar-refractivity contribution >= 4 is 11.9 Å². The number of carbonyl (C=O) groups excluding carboxylic acids is 1. The van der Waals surface area contributed by atoms with Crippen LogP contribution in [0.1, 0.15) is 18.4 Å². The predicted molar refractivity (Wildman–Crippen MR) is 78.4 cm³/mol. The van der Waals surface area contributed by atoms with E-state index >= 15 is 0 Å². The molecule has 0 N–H and O–H groups in total. The van der Waals surface area contributed by atoms with Crippen LogP contribution in [0, 0.1) is 0 Å². The fraction of sp³-hybridized carbons (Fsp3) is 0.400. The number of amides is 1. The van der Waals surface area contributed by atoms with Gasteiger partial charge in [0.1, 0.15) is 12.1 Å². The minimum absolute atomic E-state index is 0.0606. The number of aryl methyl sites for hydroxylation is 2. The average molecular weight is 340 g/mol. The molecule has 9 heteroatoms. The zero-order valence-electron chi connectivity index (χ0n) is 12.7. The third-order valence-electron chi connectivity index (χ3n) is 3.70. The zero-order chi connectivity index (χ0) is 17.2. The molecule has 1 amide bonds. The number of benzene rings is 1. The fourth-order valence-corrected chi connectivity index (χ4v) is 2.65. The molecule has 128 valence electrons. The van der Waals surface area contributed by atoms with Gasteiger partial charge < -0.3 is 4.74 Å². The summed E-state index contributed by atoms with van der Waals surface area (Å²) in [5.41, 5.74) is 0.335. The Labute approximate surface area is 135 Å². The van der Waals surface area contributed by atoms with Crippen LogP contribution >= 0.6 is 0 Å². The Hall–Kier alpha value is -2.58. The molecular weight excluding hydrogens is 325 g/mol. The number of anilines is 1. The van der Waals surface area contributed by atoms with E-state index in [4.69, 9.17) is 0 Å². The summed E-state index contributed by atoms with van der Waals surface area (Å²) >= 11 is 0. The van der Waals surface area contributed by atoms with Gasteiger partial charge in [0, 0.05) is 19.5 Å². The maximum atomic E-state index is 12.4. The van der Waals surface area contributed by atoms with E-state index in [1.165, 1.54) is 29.4 Å². The molecule has 2 heterocycles. The Morgan fingerprint density at radius 1 is 1.25 bits per heavy atom. The van der Waals surface area contributed by atoms with Crippen LogP contribution in [0.25, 0.3) is 0 Å². The second kappa shape index (κ2) is 6.50. The third kappa shape index (κ3) is 3.66. The lowest BCUT2D eigenvalue weighted by atomic mass is 10.1. The highest BCUT2D eigenvalue weighted by Crippen LogP contribution is 2.27. The summed E-state index contributed by atoms with van der Waals surface area (Å²) in [6, 6.07) is 5.83. The van der Waals surface area contributed by atoms with Crippen molar-refractivity contribution in [1.29, 1.82) is 0 Å². The summed E-state index contributed by atoms with van der Waals surface area (Å²) in [6.07, 6.45) is -2.41. The molecular formula is C15H15F3N4O2. The molecule has 0 saturated heterocycles. The smallest absolute Gasteiger partial charge is 0.406 e. The van der Waals surface area contributed by atoms with E-state index in [0.717, 1.165) is 6.42 Å². The van der Waals surface area contributed by atoms with Crippen molar-refractivity contribution in [1.82, 2.24) is 14.8 Å². The Bertz CT molecular complexity index is 730. The number of rotatable bonds is 4. The summed E-state index contributed by atoms with van der Waals surface area (Å²) in [7, 11) is 0. The van der Waals surface area contributed by atoms with Gasteiger partial charge in [0.15, 0.2) is 0 Å². The molecule has 0 fully saturated rings. The van der Waals surface area contributed by atoms with E-state index in [0.29, 0.717) is 24.6 Å². The minimum atomic E-state index is -4.76. The largest absolute Gasteiger partial charge is 0.573 e. The zero-order valence-corrected chi connectivity index (χ0v) is 12.7. The summed E-state index contributed by atoms with van der Waals surface area (Å²) < 4.78 is 42.9. The van der Waals surface area contributed by atoms with E-state index in [1.54, 1.807) is 10.7 Å². The number of ether oxygens (including phenoxy) is 1. The van der Waals surface area contributed by atoms with Gasteiger partial charge in [-0.3, -0.25) is 9.69 Å². The van der Waals surface area contributed by atoms with E-state index in [-0.39, 0.29) is 24.5 Å². The molecule has 0 spiro atoms. The molecule has 6 nitrogen and oxygen atoms in total. The van der Waals surface area contributed by atoms with Gasteiger partial charge in [-0.25, -0.2) is 4.68 Å². The van der Waals surface area contributed by atoms with Crippen LogP contribution in [0.3, 0.4) is 0 Å². The number of carbonyl (C=O) groups is 1. The van der Waals surface area contributed by atoms with Gasteiger partial charge in [-0.15, -0.1) is 13.2 Å². The van der Waals surface area contributed by atoms with Gasteiger partial charge in [-0.05, 0) is 24.5 Å². The Kier molecular flexibility index (Phi) is 4.41. The molecule has 1 aromatic heterocycles. The average Bonchev–Trinajstić information content (AvgIpc) is 3.00. The van der Waals surface area contributed by atoms with Gasteiger partial charge >= 0.3 is 6.36 Å². The Morgan fingerprint density at radius 2 is 2.04 bits per heavy atom. The topological polar surface area (TPSA) is 60.2 Å². The predicted octanol–water partition coefficient (Wildman–Crippen LogP) is 2.55. The summed E-state index contributed by atoms with van der Waals surface area (Å²) in [6.45, 7) is 1.22. The van der Waals surface area contributed by atoms with E-state index in [9.17, 15) is 18.0 Å². The number of nitrogens with zero attached hydrogens (tertiary/aromatic N) is 4. The lowest BCUT2D eigenvalue weighted by molar-refractivity contribution is -0.274. The number of hydrogen-bond acceptors (Lipinski definition) is 4. The normalized spacial score (nSPS) is 14.4. The molecule has 3 rings (SSSR count). The van der Waals surface area contributed by atoms with E-state index < -0.39 is 6.36 Å². The maximum absolute atomic E-state index is 12.4. The molecule has 2 aromatic rings. The van der Waals surface area contributed by atoms with Crippen molar-refractivity contribution in [2.75, 3.05) is 11.4 Å². The highest BCUT2D eigenvalue weighted by atomic mass is 19.4. The first-order valence-electron chi connectivity index (χ1n) is 7.46. The molecule has 0 unspecified atom stereocenters. The highest BCUT2D eigenvalue weighted by molar-refractivity contribution is 5.92. The number of fused-ring (bicyclic) bond motifs is 1. The second-order valence-corrected chi connectivity index (χ2v) is 5.34. The first-order chi connectivity index (χ1) is 11.4. The second-order valence-electron chi connectivity index (χ2n) is 5.34. The number of alkyl halides is 3. The number of hydrogen-bond donors (Lipinski definition) is 0. The molecule has 1 aliphatic rings. The summed E-state index contributed by atoms with van der Waals surface area (Å²) in [5, 5.41) is 4.03. The minimum Gasteiger partial charge on any atom is -0.406 e. The first-order valence-corrected chi connectivity index (χ1v) is 7.46. The monoisotopic (exact) mass is 340 g/mol. The molecule has 0 bridgehead atoms. The van der Waals surface area contributed by atoms with Crippen LogP contribution in [0.15, 0.2) is 30.6 Å². The highest BCUT2D eigenvalue weighted by Gasteiger charge is 2.32. The quantitative estimate of drug-likeness (QED) is 0.858. The van der Waals surface area contributed by atoms with Crippen LogP contribution in [-0.2, 0) is 17.8 Å². The van der Waals surface area contributed by atoms with E-state index in [1.807, 2.05) is 0 Å². The first kappa shape index (κ1) is 16.3. The molecule has 24 heavy (non-hydrogen) atoms. The van der Waals surface area contributed by atoms with Crippen LogP contribution in [0.5, 0.6) is 5.75 Å². The van der Waals surface area contributed by atoms with Crippen LogP contribution < -0.4 is 9.64 Å². The lowest BCUT2D eigenvalue weighted by Gasteiger charge is -2.26.